The van der Waals surface area contributed by atoms with E-state index in [1.54, 1.807) is 17.3 Å². The topological polar surface area (TPSA) is 75.1 Å². The Morgan fingerprint density at radius 1 is 1.19 bits per heavy atom. The van der Waals surface area contributed by atoms with Crippen molar-refractivity contribution in [2.45, 2.75) is 51.9 Å². The third kappa shape index (κ3) is 6.30. The Morgan fingerprint density at radius 3 is 2.37 bits per heavy atom. The molecule has 8 heteroatoms. The molecular formula is C19H30N4O3S. The summed E-state index contributed by atoms with van der Waals surface area (Å²) in [6, 6.07) is 3.74. The van der Waals surface area contributed by atoms with Crippen molar-refractivity contribution in [2.24, 2.45) is 4.40 Å². The molecule has 1 atom stereocenters. The Kier molecular flexibility index (Phi) is 6.62. The smallest absolute Gasteiger partial charge is 0.410 e. The van der Waals surface area contributed by atoms with Crippen LogP contribution in [0.1, 0.15) is 47.1 Å². The lowest BCUT2D eigenvalue weighted by atomic mass is 10.2. The fourth-order valence-electron chi connectivity index (χ4n) is 2.46. The number of carbonyl (C=O) groups excluding carboxylic acids is 1. The van der Waals surface area contributed by atoms with Gasteiger partial charge >= 0.3 is 6.09 Å². The SMILES string of the molecule is CC(C)(C)OC(=O)N1CCN(c2ncccc2/C=N/S(=O)C(C)(C)C)CC1. The second-order valence-corrected chi connectivity index (χ2v) is 10.4. The van der Waals surface area contributed by atoms with E-state index in [4.69, 9.17) is 4.74 Å². The lowest BCUT2D eigenvalue weighted by molar-refractivity contribution is 0.0240. The Balaban J connectivity index is 2.06. The maximum Gasteiger partial charge on any atom is 0.410 e. The molecule has 1 aliphatic heterocycles. The lowest BCUT2D eigenvalue weighted by Crippen LogP contribution is -2.50. The van der Waals surface area contributed by atoms with Gasteiger partial charge in [-0.15, -0.1) is 0 Å². The first-order chi connectivity index (χ1) is 12.5. The molecule has 1 fully saturated rings. The maximum absolute atomic E-state index is 12.2. The zero-order valence-corrected chi connectivity index (χ0v) is 17.9. The highest BCUT2D eigenvalue weighted by Gasteiger charge is 2.27. The minimum Gasteiger partial charge on any atom is -0.444 e. The molecule has 27 heavy (non-hydrogen) atoms. The maximum atomic E-state index is 12.2. The highest BCUT2D eigenvalue weighted by molar-refractivity contribution is 7.85. The summed E-state index contributed by atoms with van der Waals surface area (Å²) in [6.07, 6.45) is 3.07. The van der Waals surface area contributed by atoms with Crippen molar-refractivity contribution in [3.63, 3.8) is 0 Å². The summed E-state index contributed by atoms with van der Waals surface area (Å²) in [5.74, 6) is 0.788. The second-order valence-electron chi connectivity index (χ2n) is 8.47. The van der Waals surface area contributed by atoms with Gasteiger partial charge in [-0.25, -0.2) is 14.0 Å². The number of nitrogens with zero attached hydrogens (tertiary/aromatic N) is 4. The van der Waals surface area contributed by atoms with Crippen LogP contribution in [0.2, 0.25) is 0 Å². The third-order valence-corrected chi connectivity index (χ3v) is 5.20. The lowest BCUT2D eigenvalue weighted by Gasteiger charge is -2.36. The summed E-state index contributed by atoms with van der Waals surface area (Å²) in [4.78, 5) is 20.5. The molecule has 1 unspecified atom stereocenters. The van der Waals surface area contributed by atoms with Crippen molar-refractivity contribution in [1.82, 2.24) is 9.88 Å². The number of hydrogen-bond acceptors (Lipinski definition) is 5. The normalized spacial score (nSPS) is 17.3. The van der Waals surface area contributed by atoms with Crippen molar-refractivity contribution in [3.05, 3.63) is 23.9 Å². The van der Waals surface area contributed by atoms with Crippen LogP contribution in [0, 0.1) is 0 Å². The third-order valence-electron chi connectivity index (χ3n) is 3.86. The molecule has 7 nitrogen and oxygen atoms in total. The Bertz CT molecular complexity index is 714. The zero-order valence-electron chi connectivity index (χ0n) is 17.1. The Morgan fingerprint density at radius 2 is 1.81 bits per heavy atom. The summed E-state index contributed by atoms with van der Waals surface area (Å²) in [7, 11) is -1.32. The number of pyridine rings is 1. The van der Waals surface area contributed by atoms with Gasteiger partial charge in [0.05, 0.1) is 4.75 Å². The van der Waals surface area contributed by atoms with E-state index >= 15 is 0 Å². The van der Waals surface area contributed by atoms with E-state index in [-0.39, 0.29) is 6.09 Å². The summed E-state index contributed by atoms with van der Waals surface area (Å²) in [5, 5.41) is 0. The number of ether oxygens (including phenoxy) is 1. The number of aromatic nitrogens is 1. The van der Waals surface area contributed by atoms with Crippen LogP contribution in [0.25, 0.3) is 0 Å². The molecule has 1 aromatic rings. The summed E-state index contributed by atoms with van der Waals surface area (Å²) >= 11 is 0. The van der Waals surface area contributed by atoms with Crippen molar-refractivity contribution in [2.75, 3.05) is 31.1 Å². The molecule has 150 valence electrons. The van der Waals surface area contributed by atoms with Gasteiger partial charge in [-0.1, -0.05) is 0 Å². The van der Waals surface area contributed by atoms with E-state index in [0.717, 1.165) is 11.4 Å². The van der Waals surface area contributed by atoms with Crippen LogP contribution < -0.4 is 4.90 Å². The molecule has 2 rings (SSSR count). The first kappa shape index (κ1) is 21.3. The van der Waals surface area contributed by atoms with E-state index < -0.39 is 21.3 Å². The Labute approximate surface area is 164 Å². The average Bonchev–Trinajstić information content (AvgIpc) is 2.57. The van der Waals surface area contributed by atoms with Gasteiger partial charge in [0.25, 0.3) is 0 Å². The van der Waals surface area contributed by atoms with Crippen LogP contribution in [-0.4, -0.2) is 62.9 Å². The van der Waals surface area contributed by atoms with Gasteiger partial charge in [-0.05, 0) is 53.7 Å². The zero-order chi connectivity index (χ0) is 20.2. The van der Waals surface area contributed by atoms with Gasteiger partial charge < -0.3 is 14.5 Å². The number of amides is 1. The molecule has 0 bridgehead atoms. The molecule has 1 amide bonds. The summed E-state index contributed by atoms with van der Waals surface area (Å²) in [5.41, 5.74) is 0.322. The van der Waals surface area contributed by atoms with Crippen LogP contribution in [0.4, 0.5) is 10.6 Å². The standard InChI is InChI=1S/C19H30N4O3S/c1-18(2,3)26-17(24)23-12-10-22(11-13-23)16-15(8-7-9-20-16)14-21-27(25)19(4,5)6/h7-9,14H,10-13H2,1-6H3/b21-14+. The molecular weight excluding hydrogens is 364 g/mol. The summed E-state index contributed by atoms with van der Waals surface area (Å²) < 4.78 is 21.4. The van der Waals surface area contributed by atoms with E-state index in [9.17, 15) is 9.00 Å². The van der Waals surface area contributed by atoms with E-state index in [1.807, 2.05) is 53.7 Å². The van der Waals surface area contributed by atoms with Gasteiger partial charge in [0.15, 0.2) is 0 Å². The summed E-state index contributed by atoms with van der Waals surface area (Å²) in [6.45, 7) is 13.7. The number of anilines is 1. The minimum absolute atomic E-state index is 0.287. The first-order valence-electron chi connectivity index (χ1n) is 9.11. The van der Waals surface area contributed by atoms with Gasteiger partial charge in [0.1, 0.15) is 22.4 Å². The van der Waals surface area contributed by atoms with Crippen molar-refractivity contribution >= 4 is 29.1 Å². The van der Waals surface area contributed by atoms with Gasteiger partial charge in [0, 0.05) is 44.2 Å². The molecule has 0 aliphatic carbocycles. The van der Waals surface area contributed by atoms with Crippen LogP contribution in [-0.2, 0) is 15.7 Å². The van der Waals surface area contributed by atoms with Gasteiger partial charge in [-0.2, -0.15) is 4.40 Å². The first-order valence-corrected chi connectivity index (χ1v) is 10.2. The molecule has 1 aromatic heterocycles. The fourth-order valence-corrected chi connectivity index (χ4v) is 2.99. The molecule has 0 N–H and O–H groups in total. The number of piperazine rings is 1. The molecule has 1 saturated heterocycles. The predicted molar refractivity (Wildman–Crippen MR) is 110 cm³/mol. The van der Waals surface area contributed by atoms with Gasteiger partial charge in [0.2, 0.25) is 0 Å². The van der Waals surface area contributed by atoms with E-state index in [2.05, 4.69) is 14.3 Å². The highest BCUT2D eigenvalue weighted by Crippen LogP contribution is 2.20. The molecule has 1 aliphatic rings. The van der Waals surface area contributed by atoms with Crippen LogP contribution in [0.5, 0.6) is 0 Å². The molecule has 2 heterocycles. The van der Waals surface area contributed by atoms with E-state index in [1.165, 1.54) is 0 Å². The van der Waals surface area contributed by atoms with Crippen molar-refractivity contribution in [3.8, 4) is 0 Å². The molecule has 0 saturated carbocycles. The highest BCUT2D eigenvalue weighted by atomic mass is 32.2. The quantitative estimate of drug-likeness (QED) is 0.737. The number of carbonyl (C=O) groups is 1. The van der Waals surface area contributed by atoms with Crippen molar-refractivity contribution in [1.29, 1.82) is 0 Å². The fraction of sp³-hybridized carbons (Fsp3) is 0.632. The van der Waals surface area contributed by atoms with Crippen LogP contribution in [0.3, 0.4) is 0 Å². The second kappa shape index (κ2) is 8.37. The molecule has 0 radical (unpaired) electrons. The van der Waals surface area contributed by atoms with Gasteiger partial charge in [-0.3, -0.25) is 0 Å². The van der Waals surface area contributed by atoms with Crippen molar-refractivity contribution < 1.29 is 13.7 Å². The van der Waals surface area contributed by atoms with E-state index in [0.29, 0.717) is 26.2 Å². The minimum atomic E-state index is -1.32. The van der Waals surface area contributed by atoms with Crippen LogP contribution in [0.15, 0.2) is 22.7 Å². The molecule has 0 spiro atoms. The number of rotatable bonds is 3. The monoisotopic (exact) mass is 394 g/mol. The Hall–Kier alpha value is -1.96. The predicted octanol–water partition coefficient (Wildman–Crippen LogP) is 3.02. The van der Waals surface area contributed by atoms with Crippen LogP contribution >= 0.6 is 0 Å². The molecule has 0 aromatic carbocycles. The number of hydrogen-bond donors (Lipinski definition) is 0. The average molecular weight is 395 g/mol. The largest absolute Gasteiger partial charge is 0.444 e.